The molecule has 0 aromatic carbocycles. The maximum Gasteiger partial charge on any atom is 0.330 e. The summed E-state index contributed by atoms with van der Waals surface area (Å²) in [7, 11) is 2.02. The highest BCUT2D eigenvalue weighted by Crippen LogP contribution is 2.00. The van der Waals surface area contributed by atoms with Gasteiger partial charge in [0.25, 0.3) is 0 Å². The van der Waals surface area contributed by atoms with Crippen molar-refractivity contribution in [2.45, 2.75) is 6.92 Å². The molecule has 90 valence electrons. The third kappa shape index (κ3) is 4.02. The summed E-state index contributed by atoms with van der Waals surface area (Å²) in [5.74, 6) is -0.592. The topological polar surface area (TPSA) is 49.9 Å². The number of likely N-dealkylation sites (N-methyl/N-ethyl adjacent to an activating group) is 1. The molecule has 1 saturated heterocycles. The number of rotatable bonds is 3. The van der Waals surface area contributed by atoms with Crippen molar-refractivity contribution < 1.29 is 14.3 Å². The number of hydrogen-bond donors (Lipinski definition) is 0. The third-order valence-corrected chi connectivity index (χ3v) is 2.46. The van der Waals surface area contributed by atoms with Crippen LogP contribution in [0.15, 0.2) is 12.2 Å². The maximum absolute atomic E-state index is 11.6. The van der Waals surface area contributed by atoms with Gasteiger partial charge in [0.2, 0.25) is 5.91 Å². The zero-order valence-electron chi connectivity index (χ0n) is 9.81. The fourth-order valence-corrected chi connectivity index (χ4v) is 1.46. The average molecular weight is 226 g/mol. The fourth-order valence-electron chi connectivity index (χ4n) is 1.46. The first kappa shape index (κ1) is 12.7. The van der Waals surface area contributed by atoms with Gasteiger partial charge in [-0.15, -0.1) is 0 Å². The molecule has 0 aliphatic carbocycles. The third-order valence-electron chi connectivity index (χ3n) is 2.46. The van der Waals surface area contributed by atoms with E-state index in [1.807, 2.05) is 7.05 Å². The van der Waals surface area contributed by atoms with Crippen LogP contribution < -0.4 is 0 Å². The van der Waals surface area contributed by atoms with Crippen LogP contribution in [0.3, 0.4) is 0 Å². The number of carbonyl (C=O) groups is 2. The van der Waals surface area contributed by atoms with Crippen molar-refractivity contribution in [2.75, 3.05) is 39.8 Å². The first-order valence-electron chi connectivity index (χ1n) is 5.45. The van der Waals surface area contributed by atoms with Gasteiger partial charge in [-0.05, 0) is 14.0 Å². The Labute approximate surface area is 95.6 Å². The zero-order valence-corrected chi connectivity index (χ0v) is 9.81. The maximum atomic E-state index is 11.6. The summed E-state index contributed by atoms with van der Waals surface area (Å²) in [6.45, 7) is 5.23. The minimum atomic E-state index is -0.468. The molecule has 0 spiro atoms. The Bertz CT molecular complexity index is 281. The Morgan fingerprint density at radius 1 is 1.19 bits per heavy atom. The second-order valence-electron chi connectivity index (χ2n) is 3.71. The predicted molar refractivity (Wildman–Crippen MR) is 59.9 cm³/mol. The number of esters is 1. The number of amides is 1. The predicted octanol–water partition coefficient (Wildman–Crippen LogP) is -0.120. The highest BCUT2D eigenvalue weighted by atomic mass is 16.5. The highest BCUT2D eigenvalue weighted by molar-refractivity contribution is 5.94. The van der Waals surface area contributed by atoms with Gasteiger partial charge < -0.3 is 14.5 Å². The number of piperazine rings is 1. The summed E-state index contributed by atoms with van der Waals surface area (Å²) in [5.41, 5.74) is 0. The minimum absolute atomic E-state index is 0.124. The van der Waals surface area contributed by atoms with Gasteiger partial charge in [-0.25, -0.2) is 4.79 Å². The van der Waals surface area contributed by atoms with Crippen molar-refractivity contribution >= 4 is 11.9 Å². The molecule has 0 bridgehead atoms. The minimum Gasteiger partial charge on any atom is -0.463 e. The molecule has 0 unspecified atom stereocenters. The lowest BCUT2D eigenvalue weighted by Gasteiger charge is -2.31. The standard InChI is InChI=1S/C11H18N2O3/c1-3-16-11(15)5-4-10(14)13-8-6-12(2)7-9-13/h4-5H,3,6-9H2,1-2H3/b5-4+. The number of carbonyl (C=O) groups excluding carboxylic acids is 2. The van der Waals surface area contributed by atoms with Crippen molar-refractivity contribution in [1.29, 1.82) is 0 Å². The Hall–Kier alpha value is -1.36. The molecular weight excluding hydrogens is 208 g/mol. The summed E-state index contributed by atoms with van der Waals surface area (Å²) < 4.78 is 4.69. The van der Waals surface area contributed by atoms with Crippen LogP contribution in [-0.2, 0) is 14.3 Å². The molecule has 0 aromatic rings. The van der Waals surface area contributed by atoms with E-state index in [9.17, 15) is 9.59 Å². The van der Waals surface area contributed by atoms with Gasteiger partial charge >= 0.3 is 5.97 Å². The quantitative estimate of drug-likeness (QED) is 0.497. The van der Waals surface area contributed by atoms with E-state index in [1.54, 1.807) is 11.8 Å². The molecule has 1 aliphatic heterocycles. The SMILES string of the molecule is CCOC(=O)/C=C/C(=O)N1CCN(C)CC1. The summed E-state index contributed by atoms with van der Waals surface area (Å²) >= 11 is 0. The molecule has 1 heterocycles. The molecule has 16 heavy (non-hydrogen) atoms. The lowest BCUT2D eigenvalue weighted by atomic mass is 10.3. The largest absolute Gasteiger partial charge is 0.463 e. The van der Waals surface area contributed by atoms with Crippen LogP contribution in [0.2, 0.25) is 0 Å². The van der Waals surface area contributed by atoms with Gasteiger partial charge in [0.15, 0.2) is 0 Å². The Kier molecular flexibility index (Phi) is 4.98. The summed E-state index contributed by atoms with van der Waals surface area (Å²) in [6, 6.07) is 0. The van der Waals surface area contributed by atoms with E-state index < -0.39 is 5.97 Å². The summed E-state index contributed by atoms with van der Waals surface area (Å²) in [5, 5.41) is 0. The normalized spacial score (nSPS) is 17.8. The molecule has 0 saturated carbocycles. The molecule has 0 N–H and O–H groups in total. The molecule has 0 aromatic heterocycles. The van der Waals surface area contributed by atoms with Gasteiger partial charge in [0.05, 0.1) is 6.61 Å². The van der Waals surface area contributed by atoms with Gasteiger partial charge in [-0.2, -0.15) is 0 Å². The van der Waals surface area contributed by atoms with Crippen LogP contribution in [0.25, 0.3) is 0 Å². The number of nitrogens with zero attached hydrogens (tertiary/aromatic N) is 2. The van der Waals surface area contributed by atoms with E-state index in [2.05, 4.69) is 4.90 Å². The monoisotopic (exact) mass is 226 g/mol. The highest BCUT2D eigenvalue weighted by Gasteiger charge is 2.16. The van der Waals surface area contributed by atoms with Gasteiger partial charge in [-0.1, -0.05) is 0 Å². The molecule has 1 fully saturated rings. The molecular formula is C11H18N2O3. The van der Waals surface area contributed by atoms with Crippen molar-refractivity contribution in [2.24, 2.45) is 0 Å². The molecule has 5 nitrogen and oxygen atoms in total. The van der Waals surface area contributed by atoms with E-state index in [4.69, 9.17) is 4.74 Å². The van der Waals surface area contributed by atoms with E-state index in [0.29, 0.717) is 19.7 Å². The number of ether oxygens (including phenoxy) is 1. The lowest BCUT2D eigenvalue weighted by molar-refractivity contribution is -0.137. The zero-order chi connectivity index (χ0) is 12.0. The summed E-state index contributed by atoms with van der Waals surface area (Å²) in [4.78, 5) is 26.5. The first-order valence-corrected chi connectivity index (χ1v) is 5.45. The van der Waals surface area contributed by atoms with Gasteiger partial charge in [-0.3, -0.25) is 4.79 Å². The Morgan fingerprint density at radius 2 is 1.81 bits per heavy atom. The van der Waals surface area contributed by atoms with Crippen LogP contribution >= 0.6 is 0 Å². The second kappa shape index (κ2) is 6.27. The molecule has 1 rings (SSSR count). The molecule has 1 amide bonds. The molecule has 0 radical (unpaired) electrons. The Balaban J connectivity index is 2.37. The van der Waals surface area contributed by atoms with Crippen molar-refractivity contribution in [3.05, 3.63) is 12.2 Å². The van der Waals surface area contributed by atoms with E-state index >= 15 is 0 Å². The fraction of sp³-hybridized carbons (Fsp3) is 0.636. The number of hydrogen-bond acceptors (Lipinski definition) is 4. The van der Waals surface area contributed by atoms with Crippen LogP contribution in [0.4, 0.5) is 0 Å². The van der Waals surface area contributed by atoms with Crippen LogP contribution in [0.5, 0.6) is 0 Å². The second-order valence-corrected chi connectivity index (χ2v) is 3.71. The first-order chi connectivity index (χ1) is 7.63. The van der Waals surface area contributed by atoms with Crippen molar-refractivity contribution in [1.82, 2.24) is 9.80 Å². The van der Waals surface area contributed by atoms with E-state index in [0.717, 1.165) is 13.1 Å². The van der Waals surface area contributed by atoms with Gasteiger partial charge in [0.1, 0.15) is 0 Å². The van der Waals surface area contributed by atoms with Crippen LogP contribution in [-0.4, -0.2) is 61.5 Å². The molecule has 5 heteroatoms. The van der Waals surface area contributed by atoms with Crippen molar-refractivity contribution in [3.63, 3.8) is 0 Å². The average Bonchev–Trinajstić information content (AvgIpc) is 2.27. The van der Waals surface area contributed by atoms with Crippen LogP contribution in [0.1, 0.15) is 6.92 Å². The van der Waals surface area contributed by atoms with Gasteiger partial charge in [0, 0.05) is 38.3 Å². The lowest BCUT2D eigenvalue weighted by Crippen LogP contribution is -2.46. The molecule has 1 aliphatic rings. The Morgan fingerprint density at radius 3 is 2.38 bits per heavy atom. The van der Waals surface area contributed by atoms with E-state index in [1.165, 1.54) is 12.2 Å². The summed E-state index contributed by atoms with van der Waals surface area (Å²) in [6.07, 6.45) is 2.47. The van der Waals surface area contributed by atoms with Crippen LogP contribution in [0, 0.1) is 0 Å². The smallest absolute Gasteiger partial charge is 0.330 e. The van der Waals surface area contributed by atoms with E-state index in [-0.39, 0.29) is 5.91 Å². The van der Waals surface area contributed by atoms with Crippen molar-refractivity contribution in [3.8, 4) is 0 Å². The molecule has 0 atom stereocenters.